The summed E-state index contributed by atoms with van der Waals surface area (Å²) in [5, 5.41) is 2.83. The number of amides is 1. The van der Waals surface area contributed by atoms with Gasteiger partial charge in [0.25, 0.3) is 0 Å². The molecule has 0 atom stereocenters. The fourth-order valence-electron chi connectivity index (χ4n) is 1.46. The Labute approximate surface area is 102 Å². The summed E-state index contributed by atoms with van der Waals surface area (Å²) in [7, 11) is 1.63. The van der Waals surface area contributed by atoms with Gasteiger partial charge in [0, 0.05) is 12.1 Å². The van der Waals surface area contributed by atoms with Crippen molar-refractivity contribution in [2.75, 3.05) is 7.11 Å². The molecule has 0 unspecified atom stereocenters. The van der Waals surface area contributed by atoms with Crippen LogP contribution < -0.4 is 10.1 Å². The number of hydrogen-bond acceptors (Lipinski definition) is 2. The number of carbonyl (C=O) groups is 1. The minimum absolute atomic E-state index is 0.0617. The number of ether oxygens (including phenoxy) is 1. The molecule has 0 saturated carbocycles. The lowest BCUT2D eigenvalue weighted by molar-refractivity contribution is -0.116. The molecule has 0 saturated heterocycles. The minimum atomic E-state index is -0.0617. The van der Waals surface area contributed by atoms with Crippen molar-refractivity contribution >= 4 is 11.5 Å². The van der Waals surface area contributed by atoms with E-state index in [2.05, 4.69) is 5.32 Å². The highest BCUT2D eigenvalue weighted by Crippen LogP contribution is 2.17. The SMILES string of the molecule is COc1ccc(/C(C)=C/C(=O)NC(C)C)cc1. The average molecular weight is 233 g/mol. The predicted molar refractivity (Wildman–Crippen MR) is 69.9 cm³/mol. The van der Waals surface area contributed by atoms with Gasteiger partial charge in [0.15, 0.2) is 0 Å². The van der Waals surface area contributed by atoms with Crippen LogP contribution in [0.1, 0.15) is 26.3 Å². The molecule has 1 rings (SSSR count). The van der Waals surface area contributed by atoms with Gasteiger partial charge in [0.1, 0.15) is 5.75 Å². The number of rotatable bonds is 4. The molecule has 1 amide bonds. The molecule has 0 aliphatic rings. The number of nitrogens with one attached hydrogen (secondary N) is 1. The minimum Gasteiger partial charge on any atom is -0.497 e. The third kappa shape index (κ3) is 4.31. The molecule has 0 aliphatic heterocycles. The van der Waals surface area contributed by atoms with Gasteiger partial charge >= 0.3 is 0 Å². The van der Waals surface area contributed by atoms with E-state index in [1.54, 1.807) is 13.2 Å². The fourth-order valence-corrected chi connectivity index (χ4v) is 1.46. The van der Waals surface area contributed by atoms with Crippen LogP contribution in [0, 0.1) is 0 Å². The highest BCUT2D eigenvalue weighted by molar-refractivity contribution is 5.94. The summed E-state index contributed by atoms with van der Waals surface area (Å²) in [5.41, 5.74) is 1.95. The van der Waals surface area contributed by atoms with E-state index in [0.29, 0.717) is 0 Å². The number of allylic oxidation sites excluding steroid dienone is 1. The van der Waals surface area contributed by atoms with Crippen LogP contribution in [0.3, 0.4) is 0 Å². The van der Waals surface area contributed by atoms with E-state index in [1.165, 1.54) is 0 Å². The first-order valence-electron chi connectivity index (χ1n) is 5.66. The number of benzene rings is 1. The molecular formula is C14H19NO2. The monoisotopic (exact) mass is 233 g/mol. The van der Waals surface area contributed by atoms with Crippen molar-refractivity contribution in [1.82, 2.24) is 5.32 Å². The number of methoxy groups -OCH3 is 1. The number of hydrogen-bond donors (Lipinski definition) is 1. The van der Waals surface area contributed by atoms with Gasteiger partial charge in [0.2, 0.25) is 5.91 Å². The summed E-state index contributed by atoms with van der Waals surface area (Å²) in [6, 6.07) is 7.79. The second-order valence-electron chi connectivity index (χ2n) is 4.22. The van der Waals surface area contributed by atoms with E-state index in [4.69, 9.17) is 4.74 Å². The van der Waals surface area contributed by atoms with Gasteiger partial charge in [-0.05, 0) is 44.0 Å². The van der Waals surface area contributed by atoms with E-state index < -0.39 is 0 Å². The van der Waals surface area contributed by atoms with Crippen molar-refractivity contribution in [3.8, 4) is 5.75 Å². The third-order valence-corrected chi connectivity index (χ3v) is 2.32. The average Bonchev–Trinajstić information content (AvgIpc) is 2.28. The van der Waals surface area contributed by atoms with Gasteiger partial charge in [-0.25, -0.2) is 0 Å². The normalized spacial score (nSPS) is 11.5. The van der Waals surface area contributed by atoms with Crippen LogP contribution >= 0.6 is 0 Å². The van der Waals surface area contributed by atoms with Crippen LogP contribution in [0.15, 0.2) is 30.3 Å². The van der Waals surface area contributed by atoms with Gasteiger partial charge in [-0.3, -0.25) is 4.79 Å². The molecule has 0 radical (unpaired) electrons. The van der Waals surface area contributed by atoms with Crippen molar-refractivity contribution in [2.24, 2.45) is 0 Å². The van der Waals surface area contributed by atoms with Crippen molar-refractivity contribution in [3.63, 3.8) is 0 Å². The van der Waals surface area contributed by atoms with Gasteiger partial charge in [-0.15, -0.1) is 0 Å². The maximum Gasteiger partial charge on any atom is 0.244 e. The zero-order valence-electron chi connectivity index (χ0n) is 10.8. The molecule has 0 fully saturated rings. The van der Waals surface area contributed by atoms with Crippen LogP contribution in [0.25, 0.3) is 5.57 Å². The molecule has 0 bridgehead atoms. The topological polar surface area (TPSA) is 38.3 Å². The Morgan fingerprint density at radius 2 is 1.88 bits per heavy atom. The zero-order chi connectivity index (χ0) is 12.8. The lowest BCUT2D eigenvalue weighted by atomic mass is 10.1. The maximum absolute atomic E-state index is 11.5. The van der Waals surface area contributed by atoms with Crippen molar-refractivity contribution in [1.29, 1.82) is 0 Å². The Bertz CT molecular complexity index is 405. The van der Waals surface area contributed by atoms with Gasteiger partial charge in [0.05, 0.1) is 7.11 Å². The van der Waals surface area contributed by atoms with Crippen LogP contribution in [0.5, 0.6) is 5.75 Å². The standard InChI is InChI=1S/C14H19NO2/c1-10(2)15-14(16)9-11(3)12-5-7-13(17-4)8-6-12/h5-10H,1-4H3,(H,15,16)/b11-9+. The van der Waals surface area contributed by atoms with Gasteiger partial charge in [-0.2, -0.15) is 0 Å². The summed E-state index contributed by atoms with van der Waals surface area (Å²) in [6.45, 7) is 5.80. The Hall–Kier alpha value is -1.77. The molecule has 0 heterocycles. The molecule has 0 aliphatic carbocycles. The van der Waals surface area contributed by atoms with E-state index in [-0.39, 0.29) is 11.9 Å². The lowest BCUT2D eigenvalue weighted by Crippen LogP contribution is -2.28. The fraction of sp³-hybridized carbons (Fsp3) is 0.357. The van der Waals surface area contributed by atoms with Crippen molar-refractivity contribution in [3.05, 3.63) is 35.9 Å². The second-order valence-corrected chi connectivity index (χ2v) is 4.22. The van der Waals surface area contributed by atoms with Crippen molar-refractivity contribution in [2.45, 2.75) is 26.8 Å². The van der Waals surface area contributed by atoms with E-state index in [1.807, 2.05) is 45.0 Å². The Morgan fingerprint density at radius 3 is 2.35 bits per heavy atom. The van der Waals surface area contributed by atoms with Crippen LogP contribution in [0.2, 0.25) is 0 Å². The highest BCUT2D eigenvalue weighted by atomic mass is 16.5. The van der Waals surface area contributed by atoms with Crippen LogP contribution in [0.4, 0.5) is 0 Å². The first-order chi connectivity index (χ1) is 8.02. The smallest absolute Gasteiger partial charge is 0.244 e. The first kappa shape index (κ1) is 13.3. The largest absolute Gasteiger partial charge is 0.497 e. The van der Waals surface area contributed by atoms with E-state index in [0.717, 1.165) is 16.9 Å². The summed E-state index contributed by atoms with van der Waals surface area (Å²) in [4.78, 5) is 11.5. The van der Waals surface area contributed by atoms with Crippen molar-refractivity contribution < 1.29 is 9.53 Å². The predicted octanol–water partition coefficient (Wildman–Crippen LogP) is 2.62. The molecule has 17 heavy (non-hydrogen) atoms. The van der Waals surface area contributed by atoms with Gasteiger partial charge < -0.3 is 10.1 Å². The molecule has 1 aromatic rings. The summed E-state index contributed by atoms with van der Waals surface area (Å²) in [6.07, 6.45) is 1.61. The van der Waals surface area contributed by atoms with Gasteiger partial charge in [-0.1, -0.05) is 12.1 Å². The maximum atomic E-state index is 11.5. The first-order valence-corrected chi connectivity index (χ1v) is 5.66. The van der Waals surface area contributed by atoms with E-state index >= 15 is 0 Å². The second kappa shape index (κ2) is 6.09. The molecule has 0 spiro atoms. The molecule has 1 aromatic carbocycles. The van der Waals surface area contributed by atoms with E-state index in [9.17, 15) is 4.79 Å². The molecule has 1 N–H and O–H groups in total. The molecule has 3 heteroatoms. The molecule has 3 nitrogen and oxygen atoms in total. The Balaban J connectivity index is 2.77. The number of carbonyl (C=O) groups excluding carboxylic acids is 1. The highest BCUT2D eigenvalue weighted by Gasteiger charge is 2.02. The summed E-state index contributed by atoms with van der Waals surface area (Å²) in [5.74, 6) is 0.751. The summed E-state index contributed by atoms with van der Waals surface area (Å²) >= 11 is 0. The van der Waals surface area contributed by atoms with Crippen LogP contribution in [-0.2, 0) is 4.79 Å². The molecule has 92 valence electrons. The molecule has 0 aromatic heterocycles. The lowest BCUT2D eigenvalue weighted by Gasteiger charge is -2.07. The molecular weight excluding hydrogens is 214 g/mol. The Morgan fingerprint density at radius 1 is 1.29 bits per heavy atom. The Kier molecular flexibility index (Phi) is 4.76. The zero-order valence-corrected chi connectivity index (χ0v) is 10.8. The summed E-state index contributed by atoms with van der Waals surface area (Å²) < 4.78 is 5.08. The van der Waals surface area contributed by atoms with Crippen LogP contribution in [-0.4, -0.2) is 19.1 Å². The quantitative estimate of drug-likeness (QED) is 0.812. The third-order valence-electron chi connectivity index (χ3n) is 2.32.